The Hall–Kier alpha value is -3.75. The van der Waals surface area contributed by atoms with Gasteiger partial charge >= 0.3 is 0 Å². The molecule has 1 atom stereocenters. The van der Waals surface area contributed by atoms with Gasteiger partial charge in [0, 0.05) is 28.6 Å². The first-order chi connectivity index (χ1) is 15.3. The van der Waals surface area contributed by atoms with E-state index in [4.69, 9.17) is 0 Å². The summed E-state index contributed by atoms with van der Waals surface area (Å²) in [5.41, 5.74) is 1.88. The predicted octanol–water partition coefficient (Wildman–Crippen LogP) is 4.62. The smallest absolute Gasteiger partial charge is 0.263 e. The SMILES string of the molecule is Cc1cc(F)c2c(c1)N(CC(=O)Nc1ccc(C(F)F)cc1)C(=O)C(C)c1ncncc1-2. The molecule has 0 saturated carbocycles. The molecule has 0 radical (unpaired) electrons. The summed E-state index contributed by atoms with van der Waals surface area (Å²) >= 11 is 0. The summed E-state index contributed by atoms with van der Waals surface area (Å²) in [5.74, 6) is -2.26. The van der Waals surface area contributed by atoms with Gasteiger partial charge < -0.3 is 10.2 Å². The van der Waals surface area contributed by atoms with Crippen LogP contribution in [0, 0.1) is 12.7 Å². The molecular formula is C23H19F3N4O2. The summed E-state index contributed by atoms with van der Waals surface area (Å²) in [6, 6.07) is 8.12. The van der Waals surface area contributed by atoms with Crippen LogP contribution < -0.4 is 10.2 Å². The van der Waals surface area contributed by atoms with Gasteiger partial charge in [-0.1, -0.05) is 12.1 Å². The van der Waals surface area contributed by atoms with Crippen molar-refractivity contribution in [3.63, 3.8) is 0 Å². The molecule has 0 fully saturated rings. The van der Waals surface area contributed by atoms with Crippen LogP contribution in [-0.4, -0.2) is 28.3 Å². The topological polar surface area (TPSA) is 75.2 Å². The van der Waals surface area contributed by atoms with Gasteiger partial charge in [0.2, 0.25) is 11.8 Å². The van der Waals surface area contributed by atoms with E-state index in [1.807, 2.05) is 0 Å². The minimum atomic E-state index is -2.62. The van der Waals surface area contributed by atoms with Crippen LogP contribution >= 0.6 is 0 Å². The molecule has 9 heteroatoms. The Bertz CT molecular complexity index is 1200. The third-order valence-electron chi connectivity index (χ3n) is 5.31. The van der Waals surface area contributed by atoms with Crippen LogP contribution in [0.2, 0.25) is 0 Å². The number of alkyl halides is 2. The Morgan fingerprint density at radius 3 is 2.62 bits per heavy atom. The fourth-order valence-electron chi connectivity index (χ4n) is 3.77. The number of aryl methyl sites for hydroxylation is 1. The van der Waals surface area contributed by atoms with E-state index < -0.39 is 36.5 Å². The number of anilines is 2. The molecule has 1 N–H and O–H groups in total. The molecule has 1 aliphatic rings. The Morgan fingerprint density at radius 1 is 1.22 bits per heavy atom. The number of amides is 2. The van der Waals surface area contributed by atoms with Gasteiger partial charge in [-0.25, -0.2) is 23.1 Å². The van der Waals surface area contributed by atoms with Gasteiger partial charge in [0.15, 0.2) is 0 Å². The van der Waals surface area contributed by atoms with Crippen molar-refractivity contribution >= 4 is 23.2 Å². The van der Waals surface area contributed by atoms with Crippen molar-refractivity contribution in [3.05, 3.63) is 71.6 Å². The van der Waals surface area contributed by atoms with Gasteiger partial charge in [-0.15, -0.1) is 0 Å². The van der Waals surface area contributed by atoms with Crippen LogP contribution in [0.4, 0.5) is 24.5 Å². The van der Waals surface area contributed by atoms with E-state index in [1.54, 1.807) is 19.9 Å². The number of carbonyl (C=O) groups is 2. The predicted molar refractivity (Wildman–Crippen MR) is 113 cm³/mol. The summed E-state index contributed by atoms with van der Waals surface area (Å²) in [7, 11) is 0. The average molecular weight is 440 g/mol. The highest BCUT2D eigenvalue weighted by molar-refractivity contribution is 6.09. The lowest BCUT2D eigenvalue weighted by Crippen LogP contribution is -2.40. The molecule has 2 aromatic carbocycles. The van der Waals surface area contributed by atoms with Gasteiger partial charge in [0.1, 0.15) is 18.7 Å². The number of nitrogens with one attached hydrogen (secondary N) is 1. The lowest BCUT2D eigenvalue weighted by molar-refractivity contribution is -0.122. The van der Waals surface area contributed by atoms with Gasteiger partial charge in [-0.3, -0.25) is 9.59 Å². The molecule has 1 aliphatic heterocycles. The van der Waals surface area contributed by atoms with Gasteiger partial charge in [-0.05, 0) is 43.7 Å². The molecule has 2 amide bonds. The van der Waals surface area contributed by atoms with Crippen molar-refractivity contribution in [2.75, 3.05) is 16.8 Å². The zero-order valence-electron chi connectivity index (χ0n) is 17.3. The third-order valence-corrected chi connectivity index (χ3v) is 5.31. The summed E-state index contributed by atoms with van der Waals surface area (Å²) in [6.07, 6.45) is 0.132. The van der Waals surface area contributed by atoms with Crippen molar-refractivity contribution in [2.24, 2.45) is 0 Å². The van der Waals surface area contributed by atoms with Crippen molar-refractivity contribution in [1.29, 1.82) is 0 Å². The molecule has 3 aromatic rings. The Morgan fingerprint density at radius 2 is 1.94 bits per heavy atom. The quantitative estimate of drug-likeness (QED) is 0.643. The van der Waals surface area contributed by atoms with E-state index in [2.05, 4.69) is 15.3 Å². The van der Waals surface area contributed by atoms with E-state index in [-0.39, 0.29) is 16.8 Å². The number of rotatable bonds is 4. The second-order valence-electron chi connectivity index (χ2n) is 7.58. The summed E-state index contributed by atoms with van der Waals surface area (Å²) in [5, 5.41) is 2.59. The maximum absolute atomic E-state index is 15.1. The minimum absolute atomic E-state index is 0.151. The zero-order chi connectivity index (χ0) is 23.0. The van der Waals surface area contributed by atoms with Crippen molar-refractivity contribution in [1.82, 2.24) is 9.97 Å². The van der Waals surface area contributed by atoms with Crippen LogP contribution in [0.5, 0.6) is 0 Å². The average Bonchev–Trinajstić information content (AvgIpc) is 2.84. The summed E-state index contributed by atoms with van der Waals surface area (Å²) in [6.45, 7) is 2.93. The number of benzene rings is 2. The molecule has 1 unspecified atom stereocenters. The minimum Gasteiger partial charge on any atom is -0.325 e. The van der Waals surface area contributed by atoms with Crippen molar-refractivity contribution < 1.29 is 22.8 Å². The van der Waals surface area contributed by atoms with Crippen LogP contribution in [0.25, 0.3) is 11.1 Å². The highest BCUT2D eigenvalue weighted by atomic mass is 19.3. The van der Waals surface area contributed by atoms with Crippen LogP contribution in [0.15, 0.2) is 48.9 Å². The second kappa shape index (κ2) is 8.41. The molecule has 1 aromatic heterocycles. The van der Waals surface area contributed by atoms with E-state index >= 15 is 4.39 Å². The molecule has 0 spiro atoms. The number of carbonyl (C=O) groups excluding carboxylic acids is 2. The normalized spacial score (nSPS) is 15.2. The van der Waals surface area contributed by atoms with E-state index in [9.17, 15) is 18.4 Å². The first-order valence-electron chi connectivity index (χ1n) is 9.86. The molecular weight excluding hydrogens is 421 g/mol. The molecule has 4 rings (SSSR count). The number of aromatic nitrogens is 2. The molecule has 32 heavy (non-hydrogen) atoms. The Labute approximate surface area is 182 Å². The van der Waals surface area contributed by atoms with E-state index in [0.717, 1.165) is 0 Å². The highest BCUT2D eigenvalue weighted by Crippen LogP contribution is 2.41. The molecule has 0 bridgehead atoms. The van der Waals surface area contributed by atoms with E-state index in [1.165, 1.54) is 47.8 Å². The highest BCUT2D eigenvalue weighted by Gasteiger charge is 2.35. The van der Waals surface area contributed by atoms with Gasteiger partial charge in [0.05, 0.1) is 17.3 Å². The number of halogens is 3. The molecule has 6 nitrogen and oxygen atoms in total. The number of fused-ring (bicyclic) bond motifs is 3. The maximum Gasteiger partial charge on any atom is 0.263 e. The fraction of sp³-hybridized carbons (Fsp3) is 0.217. The Kier molecular flexibility index (Phi) is 5.65. The molecule has 0 saturated heterocycles. The monoisotopic (exact) mass is 440 g/mol. The standard InChI is InChI=1S/C23H19F3N4O2/c1-12-7-17(24)20-16-9-27-11-28-21(16)13(2)23(32)30(18(20)8-12)10-19(31)29-15-5-3-14(4-6-15)22(25)26/h3-9,11,13,22H,10H2,1-2H3,(H,29,31). The summed E-state index contributed by atoms with van der Waals surface area (Å²) in [4.78, 5) is 35.4. The van der Waals surface area contributed by atoms with Gasteiger partial charge in [0.25, 0.3) is 6.43 Å². The van der Waals surface area contributed by atoms with E-state index in [0.29, 0.717) is 22.5 Å². The lowest BCUT2D eigenvalue weighted by Gasteiger charge is -2.25. The first-order valence-corrected chi connectivity index (χ1v) is 9.86. The number of hydrogen-bond donors (Lipinski definition) is 1. The Balaban J connectivity index is 1.69. The molecule has 164 valence electrons. The first kappa shape index (κ1) is 21.5. The number of nitrogens with zero attached hydrogens (tertiary/aromatic N) is 3. The fourth-order valence-corrected chi connectivity index (χ4v) is 3.77. The van der Waals surface area contributed by atoms with Crippen molar-refractivity contribution in [2.45, 2.75) is 26.2 Å². The third kappa shape index (κ3) is 3.93. The maximum atomic E-state index is 15.1. The van der Waals surface area contributed by atoms with Crippen LogP contribution in [0.3, 0.4) is 0 Å². The molecule has 2 heterocycles. The number of hydrogen-bond acceptors (Lipinski definition) is 4. The summed E-state index contributed by atoms with van der Waals surface area (Å²) < 4.78 is 40.5. The molecule has 0 aliphatic carbocycles. The van der Waals surface area contributed by atoms with Crippen LogP contribution in [0.1, 0.15) is 36.1 Å². The zero-order valence-corrected chi connectivity index (χ0v) is 17.3. The van der Waals surface area contributed by atoms with Crippen LogP contribution in [-0.2, 0) is 9.59 Å². The van der Waals surface area contributed by atoms with Gasteiger partial charge in [-0.2, -0.15) is 0 Å². The lowest BCUT2D eigenvalue weighted by atomic mass is 9.97. The van der Waals surface area contributed by atoms with Crippen molar-refractivity contribution in [3.8, 4) is 11.1 Å². The largest absolute Gasteiger partial charge is 0.325 e. The second-order valence-corrected chi connectivity index (χ2v) is 7.58.